The number of carbonyl (C=O) groups excluding carboxylic acids is 1. The van der Waals surface area contributed by atoms with Gasteiger partial charge in [-0.2, -0.15) is 13.2 Å². The Kier molecular flexibility index (Phi) is 5.15. The number of nitrogens with zero attached hydrogens (tertiary/aromatic N) is 5. The molecule has 3 heterocycles. The third-order valence-corrected chi connectivity index (χ3v) is 3.87. The first kappa shape index (κ1) is 18.5. The van der Waals surface area contributed by atoms with Gasteiger partial charge in [-0.15, -0.1) is 0 Å². The predicted molar refractivity (Wildman–Crippen MR) is 91.7 cm³/mol. The minimum atomic E-state index is -4.60. The molecule has 0 aromatic carbocycles. The molecule has 0 aliphatic carbocycles. The van der Waals surface area contributed by atoms with E-state index in [0.29, 0.717) is 31.0 Å². The molecule has 0 fully saturated rings. The highest BCUT2D eigenvalue weighted by molar-refractivity contribution is 5.88. The highest BCUT2D eigenvalue weighted by atomic mass is 19.4. The van der Waals surface area contributed by atoms with Crippen molar-refractivity contribution in [3.8, 4) is 0 Å². The molecule has 0 saturated heterocycles. The second-order valence-corrected chi connectivity index (χ2v) is 5.64. The van der Waals surface area contributed by atoms with Crippen LogP contribution in [-0.2, 0) is 11.0 Å². The van der Waals surface area contributed by atoms with Crippen molar-refractivity contribution >= 4 is 23.0 Å². The Labute approximate surface area is 152 Å². The van der Waals surface area contributed by atoms with E-state index in [0.717, 1.165) is 18.0 Å². The van der Waals surface area contributed by atoms with Gasteiger partial charge in [0.15, 0.2) is 5.82 Å². The summed E-state index contributed by atoms with van der Waals surface area (Å²) in [6.07, 6.45) is 4.15. The summed E-state index contributed by atoms with van der Waals surface area (Å²) in [7, 11) is 0. The van der Waals surface area contributed by atoms with Crippen LogP contribution in [0.25, 0.3) is 5.57 Å². The Morgan fingerprint density at radius 3 is 2.48 bits per heavy atom. The second-order valence-electron chi connectivity index (χ2n) is 5.64. The SMILES string of the molecule is C=CC(=O)N1CC=C(c2nccnc2Nc2cnc(C(F)(F)F)nc2)CC1. The van der Waals surface area contributed by atoms with Crippen LogP contribution in [0.5, 0.6) is 0 Å². The van der Waals surface area contributed by atoms with Gasteiger partial charge >= 0.3 is 6.18 Å². The Hall–Kier alpha value is -3.30. The normalized spacial score (nSPS) is 14.5. The number of amides is 1. The van der Waals surface area contributed by atoms with Gasteiger partial charge in [0.05, 0.1) is 18.1 Å². The van der Waals surface area contributed by atoms with Gasteiger partial charge in [0.1, 0.15) is 5.69 Å². The molecule has 1 amide bonds. The van der Waals surface area contributed by atoms with Gasteiger partial charge in [0.2, 0.25) is 11.7 Å². The molecule has 0 saturated carbocycles. The van der Waals surface area contributed by atoms with E-state index in [9.17, 15) is 18.0 Å². The maximum absolute atomic E-state index is 12.6. The average Bonchev–Trinajstić information content (AvgIpc) is 2.68. The monoisotopic (exact) mass is 376 g/mol. The molecule has 0 unspecified atom stereocenters. The zero-order valence-corrected chi connectivity index (χ0v) is 14.1. The van der Waals surface area contributed by atoms with Gasteiger partial charge in [0.25, 0.3) is 0 Å². The number of anilines is 2. The highest BCUT2D eigenvalue weighted by Crippen LogP contribution is 2.29. The van der Waals surface area contributed by atoms with Crippen molar-refractivity contribution in [3.05, 3.63) is 55.0 Å². The fourth-order valence-corrected chi connectivity index (χ4v) is 2.55. The minimum Gasteiger partial charge on any atom is -0.336 e. The smallest absolute Gasteiger partial charge is 0.336 e. The molecule has 0 radical (unpaired) electrons. The van der Waals surface area contributed by atoms with E-state index in [1.165, 1.54) is 18.5 Å². The molecular formula is C17H15F3N6O. The lowest BCUT2D eigenvalue weighted by Crippen LogP contribution is -2.33. The number of hydrogen-bond donors (Lipinski definition) is 1. The molecule has 1 aliphatic rings. The van der Waals surface area contributed by atoms with Gasteiger partial charge in [0, 0.05) is 25.5 Å². The van der Waals surface area contributed by atoms with Crippen LogP contribution in [0.3, 0.4) is 0 Å². The zero-order valence-electron chi connectivity index (χ0n) is 14.1. The number of alkyl halides is 3. The number of carbonyl (C=O) groups is 1. The van der Waals surface area contributed by atoms with Gasteiger partial charge in [-0.05, 0) is 18.1 Å². The second kappa shape index (κ2) is 7.52. The Bertz CT molecular complexity index is 879. The van der Waals surface area contributed by atoms with Crippen LogP contribution in [0.1, 0.15) is 17.9 Å². The molecule has 0 atom stereocenters. The van der Waals surface area contributed by atoms with Crippen LogP contribution >= 0.6 is 0 Å². The summed E-state index contributed by atoms with van der Waals surface area (Å²) in [5.74, 6) is -0.991. The first-order chi connectivity index (χ1) is 12.9. The van der Waals surface area contributed by atoms with Crippen molar-refractivity contribution in [1.82, 2.24) is 24.8 Å². The van der Waals surface area contributed by atoms with Crippen LogP contribution in [0, 0.1) is 0 Å². The van der Waals surface area contributed by atoms with E-state index in [1.807, 2.05) is 6.08 Å². The third kappa shape index (κ3) is 4.27. The summed E-state index contributed by atoms with van der Waals surface area (Å²) >= 11 is 0. The van der Waals surface area contributed by atoms with Gasteiger partial charge < -0.3 is 10.2 Å². The molecule has 140 valence electrons. The van der Waals surface area contributed by atoms with Gasteiger partial charge in [-0.1, -0.05) is 12.7 Å². The fraction of sp³-hybridized carbons (Fsp3) is 0.235. The maximum atomic E-state index is 12.6. The van der Waals surface area contributed by atoms with Gasteiger partial charge in [-0.25, -0.2) is 15.0 Å². The van der Waals surface area contributed by atoms with Crippen LogP contribution in [0.4, 0.5) is 24.7 Å². The zero-order chi connectivity index (χ0) is 19.4. The Morgan fingerprint density at radius 1 is 1.19 bits per heavy atom. The largest absolute Gasteiger partial charge is 0.451 e. The Balaban J connectivity index is 1.80. The van der Waals surface area contributed by atoms with Gasteiger partial charge in [-0.3, -0.25) is 9.78 Å². The molecule has 0 bridgehead atoms. The van der Waals surface area contributed by atoms with Crippen molar-refractivity contribution in [2.24, 2.45) is 0 Å². The number of halogens is 3. The van der Waals surface area contributed by atoms with Crippen LogP contribution < -0.4 is 5.32 Å². The maximum Gasteiger partial charge on any atom is 0.451 e. The predicted octanol–water partition coefficient (Wildman–Crippen LogP) is 2.83. The van der Waals surface area contributed by atoms with E-state index in [4.69, 9.17) is 0 Å². The first-order valence-corrected chi connectivity index (χ1v) is 7.96. The quantitative estimate of drug-likeness (QED) is 0.826. The highest BCUT2D eigenvalue weighted by Gasteiger charge is 2.34. The third-order valence-electron chi connectivity index (χ3n) is 3.87. The van der Waals surface area contributed by atoms with Crippen molar-refractivity contribution in [1.29, 1.82) is 0 Å². The van der Waals surface area contributed by atoms with E-state index in [1.54, 1.807) is 4.90 Å². The van der Waals surface area contributed by atoms with Crippen molar-refractivity contribution < 1.29 is 18.0 Å². The minimum absolute atomic E-state index is 0.148. The summed E-state index contributed by atoms with van der Waals surface area (Å²) in [6.45, 7) is 4.40. The number of aromatic nitrogens is 4. The molecule has 10 heteroatoms. The standard InChI is InChI=1S/C17H15F3N6O/c1-2-13(27)26-7-3-11(4-8-26)14-15(22-6-5-21-14)25-12-9-23-16(24-10-12)17(18,19)20/h2-3,5-6,9-10H,1,4,7-8H2,(H,22,25). The molecule has 2 aromatic rings. The van der Waals surface area contributed by atoms with E-state index >= 15 is 0 Å². The van der Waals surface area contributed by atoms with Crippen LogP contribution in [0.15, 0.2) is 43.5 Å². The summed E-state index contributed by atoms with van der Waals surface area (Å²) < 4.78 is 37.7. The lowest BCUT2D eigenvalue weighted by Gasteiger charge is -2.25. The topological polar surface area (TPSA) is 83.9 Å². The van der Waals surface area contributed by atoms with Crippen LogP contribution in [0.2, 0.25) is 0 Å². The lowest BCUT2D eigenvalue weighted by molar-refractivity contribution is -0.145. The lowest BCUT2D eigenvalue weighted by atomic mass is 10.0. The number of hydrogen-bond acceptors (Lipinski definition) is 6. The van der Waals surface area contributed by atoms with E-state index < -0.39 is 12.0 Å². The summed E-state index contributed by atoms with van der Waals surface area (Å²) in [4.78, 5) is 28.4. The van der Waals surface area contributed by atoms with E-state index in [-0.39, 0.29) is 11.6 Å². The first-order valence-electron chi connectivity index (χ1n) is 7.96. The molecule has 2 aromatic heterocycles. The van der Waals surface area contributed by atoms with Crippen molar-refractivity contribution in [2.45, 2.75) is 12.6 Å². The van der Waals surface area contributed by atoms with Crippen molar-refractivity contribution in [3.63, 3.8) is 0 Å². The molecule has 7 nitrogen and oxygen atoms in total. The summed E-state index contributed by atoms with van der Waals surface area (Å²) in [5.41, 5.74) is 1.69. The number of nitrogens with one attached hydrogen (secondary N) is 1. The molecule has 0 spiro atoms. The van der Waals surface area contributed by atoms with Crippen LogP contribution in [-0.4, -0.2) is 43.8 Å². The fourth-order valence-electron chi connectivity index (χ4n) is 2.55. The molecular weight excluding hydrogens is 361 g/mol. The Morgan fingerprint density at radius 2 is 1.89 bits per heavy atom. The molecule has 1 N–H and O–H groups in total. The number of rotatable bonds is 4. The van der Waals surface area contributed by atoms with E-state index in [2.05, 4.69) is 31.8 Å². The summed E-state index contributed by atoms with van der Waals surface area (Å²) in [5, 5.41) is 2.89. The average molecular weight is 376 g/mol. The van der Waals surface area contributed by atoms with Crippen molar-refractivity contribution in [2.75, 3.05) is 18.4 Å². The summed E-state index contributed by atoms with van der Waals surface area (Å²) in [6, 6.07) is 0. The molecule has 3 rings (SSSR count). The molecule has 27 heavy (non-hydrogen) atoms. The molecule has 1 aliphatic heterocycles.